The van der Waals surface area contributed by atoms with Crippen molar-refractivity contribution in [1.82, 2.24) is 10.1 Å². The quantitative estimate of drug-likeness (QED) is 0.401. The molecule has 0 saturated heterocycles. The van der Waals surface area contributed by atoms with Crippen molar-refractivity contribution in [2.45, 2.75) is 26.2 Å². The van der Waals surface area contributed by atoms with Gasteiger partial charge in [-0.15, -0.1) is 0 Å². The zero-order chi connectivity index (χ0) is 22.7. The predicted octanol–water partition coefficient (Wildman–Crippen LogP) is 5.42. The SMILES string of the molecule is CC(C)(C)c1cc(NC(=O)Nc2ccc(NC(=O)c3ccc4cccnc4c3)cc2)no1. The second-order valence-corrected chi connectivity index (χ2v) is 8.35. The van der Waals surface area contributed by atoms with E-state index in [0.29, 0.717) is 28.5 Å². The van der Waals surface area contributed by atoms with E-state index in [4.69, 9.17) is 4.52 Å². The Balaban J connectivity index is 1.35. The van der Waals surface area contributed by atoms with Crippen LogP contribution in [0.25, 0.3) is 10.9 Å². The van der Waals surface area contributed by atoms with Gasteiger partial charge in [0.25, 0.3) is 5.91 Å². The maximum absolute atomic E-state index is 12.6. The number of nitrogens with zero attached hydrogens (tertiary/aromatic N) is 2. The number of fused-ring (bicyclic) bond motifs is 1. The van der Waals surface area contributed by atoms with Crippen LogP contribution in [0.15, 0.2) is 71.4 Å². The lowest BCUT2D eigenvalue weighted by atomic mass is 9.93. The van der Waals surface area contributed by atoms with Crippen molar-refractivity contribution in [3.05, 3.63) is 78.2 Å². The molecular formula is C24H23N5O3. The van der Waals surface area contributed by atoms with Gasteiger partial charge in [-0.2, -0.15) is 0 Å². The number of pyridine rings is 1. The Hall–Kier alpha value is -4.20. The van der Waals surface area contributed by atoms with Gasteiger partial charge in [0, 0.05) is 40.0 Å². The summed E-state index contributed by atoms with van der Waals surface area (Å²) in [6.45, 7) is 5.98. The molecule has 3 amide bonds. The van der Waals surface area contributed by atoms with E-state index in [1.54, 1.807) is 48.7 Å². The molecule has 0 bridgehead atoms. The zero-order valence-electron chi connectivity index (χ0n) is 18.0. The van der Waals surface area contributed by atoms with E-state index in [1.807, 2.05) is 39.0 Å². The number of amides is 3. The minimum Gasteiger partial charge on any atom is -0.359 e. The molecule has 2 aromatic heterocycles. The summed E-state index contributed by atoms with van der Waals surface area (Å²) in [5.41, 5.74) is 2.24. The molecule has 0 radical (unpaired) electrons. The number of urea groups is 1. The summed E-state index contributed by atoms with van der Waals surface area (Å²) in [6, 6.07) is 17.2. The molecule has 0 aliphatic heterocycles. The van der Waals surface area contributed by atoms with Crippen LogP contribution in [0.4, 0.5) is 22.0 Å². The highest BCUT2D eigenvalue weighted by molar-refractivity contribution is 6.06. The largest absolute Gasteiger partial charge is 0.359 e. The van der Waals surface area contributed by atoms with Crippen molar-refractivity contribution in [1.29, 1.82) is 0 Å². The Bertz CT molecular complexity index is 1270. The number of aromatic nitrogens is 2. The van der Waals surface area contributed by atoms with Crippen LogP contribution in [0.1, 0.15) is 36.9 Å². The maximum atomic E-state index is 12.6. The fraction of sp³-hybridized carbons (Fsp3) is 0.167. The average molecular weight is 429 g/mol. The van der Waals surface area contributed by atoms with Crippen LogP contribution in [-0.2, 0) is 5.41 Å². The molecule has 0 fully saturated rings. The van der Waals surface area contributed by atoms with Gasteiger partial charge in [0.15, 0.2) is 5.82 Å². The van der Waals surface area contributed by atoms with Crippen molar-refractivity contribution in [2.75, 3.05) is 16.0 Å². The monoisotopic (exact) mass is 429 g/mol. The van der Waals surface area contributed by atoms with Crippen molar-refractivity contribution < 1.29 is 14.1 Å². The molecule has 0 atom stereocenters. The number of anilines is 3. The van der Waals surface area contributed by atoms with Gasteiger partial charge in [0.05, 0.1) is 5.52 Å². The summed E-state index contributed by atoms with van der Waals surface area (Å²) in [4.78, 5) is 29.1. The maximum Gasteiger partial charge on any atom is 0.324 e. The Morgan fingerprint density at radius 2 is 1.59 bits per heavy atom. The van der Waals surface area contributed by atoms with E-state index < -0.39 is 6.03 Å². The second kappa shape index (κ2) is 8.50. The van der Waals surface area contributed by atoms with Gasteiger partial charge in [0.2, 0.25) is 0 Å². The van der Waals surface area contributed by atoms with Crippen molar-refractivity contribution >= 4 is 40.0 Å². The highest BCUT2D eigenvalue weighted by atomic mass is 16.5. The Morgan fingerprint density at radius 3 is 2.28 bits per heavy atom. The first-order chi connectivity index (χ1) is 15.3. The summed E-state index contributed by atoms with van der Waals surface area (Å²) in [5, 5.41) is 13.0. The molecule has 2 heterocycles. The van der Waals surface area contributed by atoms with Gasteiger partial charge >= 0.3 is 6.03 Å². The van der Waals surface area contributed by atoms with E-state index in [0.717, 1.165) is 10.9 Å². The molecule has 162 valence electrons. The minimum absolute atomic E-state index is 0.201. The summed E-state index contributed by atoms with van der Waals surface area (Å²) in [5.74, 6) is 0.771. The third kappa shape index (κ3) is 4.92. The van der Waals surface area contributed by atoms with Gasteiger partial charge in [-0.3, -0.25) is 15.1 Å². The van der Waals surface area contributed by atoms with Gasteiger partial charge in [-0.05, 0) is 42.5 Å². The molecule has 2 aromatic carbocycles. The van der Waals surface area contributed by atoms with Crippen LogP contribution in [0.3, 0.4) is 0 Å². The number of benzene rings is 2. The van der Waals surface area contributed by atoms with Crippen LogP contribution >= 0.6 is 0 Å². The van der Waals surface area contributed by atoms with Crippen LogP contribution in [0, 0.1) is 0 Å². The van der Waals surface area contributed by atoms with E-state index in [2.05, 4.69) is 26.1 Å². The van der Waals surface area contributed by atoms with Crippen LogP contribution < -0.4 is 16.0 Å². The second-order valence-electron chi connectivity index (χ2n) is 8.35. The van der Waals surface area contributed by atoms with Crippen molar-refractivity contribution in [3.63, 3.8) is 0 Å². The van der Waals surface area contributed by atoms with Crippen molar-refractivity contribution in [3.8, 4) is 0 Å². The highest BCUT2D eigenvalue weighted by Gasteiger charge is 2.20. The molecule has 0 aliphatic rings. The molecule has 4 rings (SSSR count). The summed E-state index contributed by atoms with van der Waals surface area (Å²) in [6.07, 6.45) is 1.69. The molecule has 32 heavy (non-hydrogen) atoms. The normalized spacial score (nSPS) is 11.2. The number of hydrogen-bond donors (Lipinski definition) is 3. The van der Waals surface area contributed by atoms with Gasteiger partial charge in [-0.1, -0.05) is 38.1 Å². The van der Waals surface area contributed by atoms with Crippen LogP contribution in [0.5, 0.6) is 0 Å². The lowest BCUT2D eigenvalue weighted by molar-refractivity contribution is 0.102. The van der Waals surface area contributed by atoms with Crippen molar-refractivity contribution in [2.24, 2.45) is 0 Å². The Kier molecular flexibility index (Phi) is 5.59. The lowest BCUT2D eigenvalue weighted by Gasteiger charge is -2.12. The molecule has 0 spiro atoms. The lowest BCUT2D eigenvalue weighted by Crippen LogP contribution is -2.19. The smallest absolute Gasteiger partial charge is 0.324 e. The van der Waals surface area contributed by atoms with Gasteiger partial charge < -0.3 is 15.2 Å². The van der Waals surface area contributed by atoms with E-state index in [-0.39, 0.29) is 11.3 Å². The fourth-order valence-corrected chi connectivity index (χ4v) is 3.01. The molecule has 8 nitrogen and oxygen atoms in total. The van der Waals surface area contributed by atoms with E-state index in [9.17, 15) is 9.59 Å². The number of carbonyl (C=O) groups is 2. The number of rotatable bonds is 4. The molecule has 0 unspecified atom stereocenters. The standard InChI is InChI=1S/C24H23N5O3/c1-24(2,3)20-14-21(29-32-20)28-23(31)27-18-10-8-17(9-11-18)26-22(30)16-7-6-15-5-4-12-25-19(15)13-16/h4-14H,1-3H3,(H,26,30)(H2,27,28,29,31). The number of hydrogen-bond acceptors (Lipinski definition) is 5. The minimum atomic E-state index is -0.445. The van der Waals surface area contributed by atoms with E-state index in [1.165, 1.54) is 0 Å². The fourth-order valence-electron chi connectivity index (χ4n) is 3.01. The predicted molar refractivity (Wildman–Crippen MR) is 124 cm³/mol. The zero-order valence-corrected chi connectivity index (χ0v) is 18.0. The van der Waals surface area contributed by atoms with Gasteiger partial charge in [-0.25, -0.2) is 4.79 Å². The first kappa shape index (κ1) is 21.0. The molecule has 4 aromatic rings. The summed E-state index contributed by atoms with van der Waals surface area (Å²) in [7, 11) is 0. The number of carbonyl (C=O) groups excluding carboxylic acids is 2. The van der Waals surface area contributed by atoms with Crippen LogP contribution in [0.2, 0.25) is 0 Å². The first-order valence-corrected chi connectivity index (χ1v) is 10.1. The van der Waals surface area contributed by atoms with Gasteiger partial charge in [0.1, 0.15) is 5.76 Å². The Morgan fingerprint density at radius 1 is 0.875 bits per heavy atom. The molecule has 0 saturated carbocycles. The average Bonchev–Trinajstić information content (AvgIpc) is 3.23. The summed E-state index contributed by atoms with van der Waals surface area (Å²) < 4.78 is 5.26. The third-order valence-corrected chi connectivity index (χ3v) is 4.76. The summed E-state index contributed by atoms with van der Waals surface area (Å²) >= 11 is 0. The topological polar surface area (TPSA) is 109 Å². The molecule has 3 N–H and O–H groups in total. The molecule has 0 aliphatic carbocycles. The Labute approximate surface area is 185 Å². The van der Waals surface area contributed by atoms with E-state index >= 15 is 0 Å². The number of nitrogens with one attached hydrogen (secondary N) is 3. The first-order valence-electron chi connectivity index (χ1n) is 10.1. The van der Waals surface area contributed by atoms with Crippen LogP contribution in [-0.4, -0.2) is 22.1 Å². The molecular weight excluding hydrogens is 406 g/mol. The highest BCUT2D eigenvalue weighted by Crippen LogP contribution is 2.24. The third-order valence-electron chi connectivity index (χ3n) is 4.76. The molecule has 8 heteroatoms.